The molecule has 1 heterocycles. The van der Waals surface area contributed by atoms with Gasteiger partial charge in [-0.05, 0) is 42.3 Å². The lowest BCUT2D eigenvalue weighted by molar-refractivity contribution is 0.188. The Morgan fingerprint density at radius 2 is 2.13 bits per heavy atom. The molecular formula is C12H11BrO2. The number of halogens is 1. The molecule has 78 valence electrons. The van der Waals surface area contributed by atoms with E-state index >= 15 is 0 Å². The zero-order chi connectivity index (χ0) is 10.8. The van der Waals surface area contributed by atoms with E-state index in [1.165, 1.54) is 0 Å². The van der Waals surface area contributed by atoms with Crippen LogP contribution in [-0.2, 0) is 0 Å². The number of aliphatic hydroxyl groups excluding tert-OH is 1. The Labute approximate surface area is 96.7 Å². The Kier molecular flexibility index (Phi) is 2.93. The van der Waals surface area contributed by atoms with Gasteiger partial charge in [0, 0.05) is 4.47 Å². The van der Waals surface area contributed by atoms with Crippen molar-refractivity contribution in [3.8, 4) is 0 Å². The Balaban J connectivity index is 2.41. The standard InChI is InChI=1S/C12H11BrO2/c1-8-4-5-9(13)7-10(8)12(14)11-3-2-6-15-11/h2-7,12,14H,1H3. The van der Waals surface area contributed by atoms with Gasteiger partial charge in [-0.1, -0.05) is 22.0 Å². The zero-order valence-electron chi connectivity index (χ0n) is 8.27. The van der Waals surface area contributed by atoms with Crippen molar-refractivity contribution in [2.24, 2.45) is 0 Å². The van der Waals surface area contributed by atoms with Gasteiger partial charge in [0.2, 0.25) is 0 Å². The second-order valence-corrected chi connectivity index (χ2v) is 4.33. The third-order valence-corrected chi connectivity index (χ3v) is 2.84. The lowest BCUT2D eigenvalue weighted by Crippen LogP contribution is -2.00. The number of aryl methyl sites for hydroxylation is 1. The zero-order valence-corrected chi connectivity index (χ0v) is 9.86. The van der Waals surface area contributed by atoms with E-state index < -0.39 is 6.10 Å². The van der Waals surface area contributed by atoms with Gasteiger partial charge in [0.1, 0.15) is 11.9 Å². The van der Waals surface area contributed by atoms with Crippen LogP contribution in [0.1, 0.15) is 23.0 Å². The van der Waals surface area contributed by atoms with E-state index in [-0.39, 0.29) is 0 Å². The number of furan rings is 1. The molecule has 15 heavy (non-hydrogen) atoms. The van der Waals surface area contributed by atoms with Gasteiger partial charge in [-0.2, -0.15) is 0 Å². The molecule has 2 nitrogen and oxygen atoms in total. The molecule has 0 aliphatic heterocycles. The molecule has 0 amide bonds. The van der Waals surface area contributed by atoms with Crippen molar-refractivity contribution in [3.05, 3.63) is 58.0 Å². The maximum absolute atomic E-state index is 10.1. The number of hydrogen-bond donors (Lipinski definition) is 1. The second-order valence-electron chi connectivity index (χ2n) is 3.42. The van der Waals surface area contributed by atoms with E-state index in [0.717, 1.165) is 15.6 Å². The normalized spacial score (nSPS) is 12.7. The van der Waals surface area contributed by atoms with Gasteiger partial charge < -0.3 is 9.52 Å². The van der Waals surface area contributed by atoms with Crippen LogP contribution >= 0.6 is 15.9 Å². The minimum Gasteiger partial charge on any atom is -0.466 e. The maximum atomic E-state index is 10.1. The first-order valence-corrected chi connectivity index (χ1v) is 5.45. The summed E-state index contributed by atoms with van der Waals surface area (Å²) in [6.45, 7) is 1.97. The molecule has 1 unspecified atom stereocenters. The van der Waals surface area contributed by atoms with E-state index in [1.807, 2.05) is 25.1 Å². The smallest absolute Gasteiger partial charge is 0.137 e. The summed E-state index contributed by atoms with van der Waals surface area (Å²) in [7, 11) is 0. The van der Waals surface area contributed by atoms with E-state index in [4.69, 9.17) is 4.42 Å². The molecule has 3 heteroatoms. The van der Waals surface area contributed by atoms with Crippen LogP contribution in [0.25, 0.3) is 0 Å². The summed E-state index contributed by atoms with van der Waals surface area (Å²) in [4.78, 5) is 0. The summed E-state index contributed by atoms with van der Waals surface area (Å²) in [5, 5.41) is 10.1. The number of rotatable bonds is 2. The summed E-state index contributed by atoms with van der Waals surface area (Å²) in [5.41, 5.74) is 1.90. The van der Waals surface area contributed by atoms with Gasteiger partial charge >= 0.3 is 0 Å². The van der Waals surface area contributed by atoms with E-state index in [9.17, 15) is 5.11 Å². The number of aliphatic hydroxyl groups is 1. The molecule has 1 atom stereocenters. The molecule has 1 aromatic heterocycles. The average molecular weight is 267 g/mol. The van der Waals surface area contributed by atoms with Crippen LogP contribution in [0.4, 0.5) is 0 Å². The highest BCUT2D eigenvalue weighted by Crippen LogP contribution is 2.27. The largest absolute Gasteiger partial charge is 0.466 e. The molecule has 0 aliphatic rings. The van der Waals surface area contributed by atoms with Crippen molar-refractivity contribution in [2.75, 3.05) is 0 Å². The third kappa shape index (κ3) is 2.13. The minimum absolute atomic E-state index is 0.566. The van der Waals surface area contributed by atoms with Crippen molar-refractivity contribution in [1.29, 1.82) is 0 Å². The van der Waals surface area contributed by atoms with Crippen molar-refractivity contribution < 1.29 is 9.52 Å². The quantitative estimate of drug-likeness (QED) is 0.904. The van der Waals surface area contributed by atoms with E-state index in [0.29, 0.717) is 5.76 Å². The molecular weight excluding hydrogens is 256 g/mol. The van der Waals surface area contributed by atoms with E-state index in [2.05, 4.69) is 15.9 Å². The van der Waals surface area contributed by atoms with Crippen LogP contribution in [0.3, 0.4) is 0 Å². The fourth-order valence-corrected chi connectivity index (χ4v) is 1.88. The fourth-order valence-electron chi connectivity index (χ4n) is 1.51. The molecule has 2 aromatic rings. The Morgan fingerprint density at radius 1 is 1.33 bits per heavy atom. The van der Waals surface area contributed by atoms with Gasteiger partial charge in [-0.15, -0.1) is 0 Å². The van der Waals surface area contributed by atoms with Crippen molar-refractivity contribution >= 4 is 15.9 Å². The van der Waals surface area contributed by atoms with Crippen LogP contribution in [0.15, 0.2) is 45.5 Å². The van der Waals surface area contributed by atoms with Crippen LogP contribution in [0.5, 0.6) is 0 Å². The van der Waals surface area contributed by atoms with Crippen molar-refractivity contribution in [1.82, 2.24) is 0 Å². The summed E-state index contributed by atoms with van der Waals surface area (Å²) in [5.74, 6) is 0.566. The van der Waals surface area contributed by atoms with Crippen LogP contribution < -0.4 is 0 Å². The monoisotopic (exact) mass is 266 g/mol. The molecule has 2 rings (SSSR count). The fraction of sp³-hybridized carbons (Fsp3) is 0.167. The lowest BCUT2D eigenvalue weighted by Gasteiger charge is -2.11. The van der Waals surface area contributed by atoms with E-state index in [1.54, 1.807) is 18.4 Å². The Bertz CT molecular complexity index is 449. The van der Waals surface area contributed by atoms with Crippen LogP contribution in [-0.4, -0.2) is 5.11 Å². The number of hydrogen-bond acceptors (Lipinski definition) is 2. The SMILES string of the molecule is Cc1ccc(Br)cc1C(O)c1ccco1. The summed E-state index contributed by atoms with van der Waals surface area (Å²) >= 11 is 3.39. The molecule has 0 saturated heterocycles. The highest BCUT2D eigenvalue weighted by atomic mass is 79.9. The maximum Gasteiger partial charge on any atom is 0.137 e. The molecule has 0 spiro atoms. The third-order valence-electron chi connectivity index (χ3n) is 2.35. The van der Waals surface area contributed by atoms with Crippen molar-refractivity contribution in [3.63, 3.8) is 0 Å². The topological polar surface area (TPSA) is 33.4 Å². The minimum atomic E-state index is -0.697. The predicted molar refractivity (Wildman–Crippen MR) is 61.6 cm³/mol. The number of benzene rings is 1. The Hall–Kier alpha value is -1.06. The summed E-state index contributed by atoms with van der Waals surface area (Å²) in [6.07, 6.45) is 0.865. The first kappa shape index (κ1) is 10.5. The molecule has 0 bridgehead atoms. The highest BCUT2D eigenvalue weighted by molar-refractivity contribution is 9.10. The highest BCUT2D eigenvalue weighted by Gasteiger charge is 2.15. The second kappa shape index (κ2) is 4.21. The first-order chi connectivity index (χ1) is 7.18. The van der Waals surface area contributed by atoms with Gasteiger partial charge in [0.05, 0.1) is 6.26 Å². The first-order valence-electron chi connectivity index (χ1n) is 4.66. The molecule has 0 fully saturated rings. The van der Waals surface area contributed by atoms with Gasteiger partial charge in [0.15, 0.2) is 0 Å². The summed E-state index contributed by atoms with van der Waals surface area (Å²) < 4.78 is 6.13. The Morgan fingerprint density at radius 3 is 2.80 bits per heavy atom. The molecule has 0 aliphatic carbocycles. The van der Waals surface area contributed by atoms with Crippen LogP contribution in [0.2, 0.25) is 0 Å². The molecule has 0 saturated carbocycles. The molecule has 1 aromatic carbocycles. The van der Waals surface area contributed by atoms with Crippen LogP contribution in [0, 0.1) is 6.92 Å². The van der Waals surface area contributed by atoms with Crippen molar-refractivity contribution in [2.45, 2.75) is 13.0 Å². The van der Waals surface area contributed by atoms with Gasteiger partial charge in [-0.25, -0.2) is 0 Å². The lowest BCUT2D eigenvalue weighted by atomic mass is 10.0. The van der Waals surface area contributed by atoms with Gasteiger partial charge in [-0.3, -0.25) is 0 Å². The molecule has 0 radical (unpaired) electrons. The predicted octanol–water partition coefficient (Wildman–Crippen LogP) is 3.43. The summed E-state index contributed by atoms with van der Waals surface area (Å²) in [6, 6.07) is 9.36. The molecule has 1 N–H and O–H groups in total. The average Bonchev–Trinajstić information content (AvgIpc) is 2.74. The van der Waals surface area contributed by atoms with Gasteiger partial charge in [0.25, 0.3) is 0 Å².